The lowest BCUT2D eigenvalue weighted by molar-refractivity contribution is -0.379. The summed E-state index contributed by atoms with van der Waals surface area (Å²) in [6, 6.07) is -0.974. The third kappa shape index (κ3) is 26.4. The second-order valence-corrected chi connectivity index (χ2v) is 21.8. The van der Waals surface area contributed by atoms with E-state index in [2.05, 4.69) is 31.3 Å². The normalized spacial score (nSPS) is 30.8. The molecule has 452 valence electrons. The highest BCUT2D eigenvalue weighted by Crippen LogP contribution is 2.33. The maximum absolute atomic E-state index is 13.3. The molecule has 17 atom stereocenters. The summed E-state index contributed by atoms with van der Waals surface area (Å²) in [5, 5.41) is 120. The van der Waals surface area contributed by atoms with Crippen molar-refractivity contribution < 1.29 is 89.4 Å². The summed E-state index contributed by atoms with van der Waals surface area (Å²) in [7, 11) is 0. The molecule has 0 saturated carbocycles. The molecule has 3 aliphatic heterocycles. The van der Waals surface area contributed by atoms with Crippen LogP contribution in [-0.4, -0.2) is 193 Å². The van der Waals surface area contributed by atoms with Crippen molar-refractivity contribution in [1.82, 2.24) is 5.32 Å². The number of hydrogen-bond acceptors (Lipinski definition) is 18. The van der Waals surface area contributed by atoms with Crippen molar-refractivity contribution in [2.24, 2.45) is 0 Å². The van der Waals surface area contributed by atoms with Gasteiger partial charge in [0, 0.05) is 6.42 Å². The largest absolute Gasteiger partial charge is 0.394 e. The molecular weight excluding hydrogens is 999 g/mol. The maximum Gasteiger partial charge on any atom is 0.220 e. The third-order valence-corrected chi connectivity index (χ3v) is 15.2. The molecule has 0 spiro atoms. The molecule has 12 N–H and O–H groups in total. The van der Waals surface area contributed by atoms with Crippen LogP contribution in [0.3, 0.4) is 0 Å². The van der Waals surface area contributed by atoms with Crippen LogP contribution in [0, 0.1) is 0 Å². The van der Waals surface area contributed by atoms with Gasteiger partial charge in [-0.05, 0) is 44.9 Å². The van der Waals surface area contributed by atoms with Crippen molar-refractivity contribution in [3.05, 3.63) is 24.3 Å². The SMILES string of the molecule is CCCCCCCCC/C=C\CCCCCCCC(=O)NC(COC1OC(CO)C(OC2OC(CO)C(OC3OC(CO)C(O)C(O)C3O)C(O)C2O)C(O)C1O)C(O)/C=C/CCCCCCCCCCCCCCCC. The molecule has 3 aliphatic rings. The van der Waals surface area contributed by atoms with E-state index in [1.165, 1.54) is 116 Å². The number of rotatable bonds is 44. The van der Waals surface area contributed by atoms with Crippen LogP contribution in [0.15, 0.2) is 24.3 Å². The predicted molar refractivity (Wildman–Crippen MR) is 291 cm³/mol. The fraction of sp³-hybridized carbons (Fsp3) is 0.914. The molecule has 17 unspecified atom stereocenters. The first-order valence-electron chi connectivity index (χ1n) is 30.1. The summed E-state index contributed by atoms with van der Waals surface area (Å²) in [5.41, 5.74) is 0. The van der Waals surface area contributed by atoms with Gasteiger partial charge < -0.3 is 89.9 Å². The van der Waals surface area contributed by atoms with Gasteiger partial charge in [0.25, 0.3) is 0 Å². The highest BCUT2D eigenvalue weighted by atomic mass is 16.8. The average Bonchev–Trinajstić information content (AvgIpc) is 3.44. The minimum Gasteiger partial charge on any atom is -0.394 e. The predicted octanol–water partition coefficient (Wildman–Crippen LogP) is 5.15. The van der Waals surface area contributed by atoms with Gasteiger partial charge in [0.2, 0.25) is 5.91 Å². The maximum atomic E-state index is 13.3. The minimum atomic E-state index is -1.98. The third-order valence-electron chi connectivity index (χ3n) is 15.2. The van der Waals surface area contributed by atoms with Crippen LogP contribution in [0.25, 0.3) is 0 Å². The Morgan fingerprint density at radius 2 is 0.818 bits per heavy atom. The molecule has 3 saturated heterocycles. The molecule has 0 aromatic carbocycles. The van der Waals surface area contributed by atoms with Crippen molar-refractivity contribution in [3.63, 3.8) is 0 Å². The van der Waals surface area contributed by atoms with Crippen molar-refractivity contribution in [3.8, 4) is 0 Å². The summed E-state index contributed by atoms with van der Waals surface area (Å²) in [5.74, 6) is -0.284. The summed E-state index contributed by atoms with van der Waals surface area (Å²) >= 11 is 0. The lowest BCUT2D eigenvalue weighted by Gasteiger charge is -2.48. The Hall–Kier alpha value is -1.73. The molecule has 3 heterocycles. The first-order valence-corrected chi connectivity index (χ1v) is 30.1. The summed E-state index contributed by atoms with van der Waals surface area (Å²) in [4.78, 5) is 13.3. The van der Waals surface area contributed by atoms with Crippen LogP contribution in [0.1, 0.15) is 206 Å². The molecule has 0 radical (unpaired) electrons. The van der Waals surface area contributed by atoms with E-state index in [9.17, 15) is 61.0 Å². The van der Waals surface area contributed by atoms with Crippen molar-refractivity contribution in [2.75, 3.05) is 26.4 Å². The molecule has 0 aromatic rings. The van der Waals surface area contributed by atoms with Crippen LogP contribution in [0.4, 0.5) is 0 Å². The molecule has 77 heavy (non-hydrogen) atoms. The number of aliphatic hydroxyl groups is 11. The van der Waals surface area contributed by atoms with Gasteiger partial charge in [-0.25, -0.2) is 0 Å². The molecular formula is C58H107NO18. The topological polar surface area (TPSA) is 307 Å². The Bertz CT molecular complexity index is 1510. The standard InChI is InChI=1S/C58H107NO18/c1-3-5-7-9-11-13-15-17-19-21-23-25-27-29-31-33-35-42(63)41(59-46(64)36-34-32-30-28-26-24-22-20-18-16-14-12-10-8-6-4-2)40-72-56-52(70)49(67)54(44(38-61)74-56)77-58-53(71)50(68)55(45(39-62)75-58)76-57-51(69)48(66)47(65)43(37-60)73-57/h20,22,33,35,41-45,47-58,60-63,65-71H,3-19,21,23-32,34,36-40H2,1-2H3,(H,59,64)/b22-20-,35-33+. The number of ether oxygens (including phenoxy) is 6. The van der Waals surface area contributed by atoms with Crippen molar-refractivity contribution >= 4 is 5.91 Å². The molecule has 19 heteroatoms. The summed E-state index contributed by atoms with van der Waals surface area (Å²) in [6.07, 6.45) is 15.8. The van der Waals surface area contributed by atoms with Crippen LogP contribution >= 0.6 is 0 Å². The van der Waals surface area contributed by atoms with Crippen LogP contribution < -0.4 is 5.32 Å². The number of hydrogen-bond donors (Lipinski definition) is 12. The zero-order chi connectivity index (χ0) is 56.2. The second kappa shape index (κ2) is 42.1. The van der Waals surface area contributed by atoms with Gasteiger partial charge in [-0.3, -0.25) is 4.79 Å². The number of allylic oxidation sites excluding steroid dienone is 3. The molecule has 3 rings (SSSR count). The van der Waals surface area contributed by atoms with Gasteiger partial charge >= 0.3 is 0 Å². The molecule has 19 nitrogen and oxygen atoms in total. The Morgan fingerprint density at radius 1 is 0.455 bits per heavy atom. The van der Waals surface area contributed by atoms with Gasteiger partial charge in [-0.15, -0.1) is 0 Å². The highest BCUT2D eigenvalue weighted by Gasteiger charge is 2.53. The average molecular weight is 1110 g/mol. The minimum absolute atomic E-state index is 0.235. The Morgan fingerprint density at radius 3 is 1.26 bits per heavy atom. The Balaban J connectivity index is 1.52. The zero-order valence-electron chi connectivity index (χ0n) is 46.9. The smallest absolute Gasteiger partial charge is 0.220 e. The van der Waals surface area contributed by atoms with Crippen LogP contribution in [0.2, 0.25) is 0 Å². The van der Waals surface area contributed by atoms with Gasteiger partial charge in [-0.1, -0.05) is 179 Å². The van der Waals surface area contributed by atoms with E-state index < -0.39 is 124 Å². The van der Waals surface area contributed by atoms with Gasteiger partial charge in [0.15, 0.2) is 18.9 Å². The van der Waals surface area contributed by atoms with Crippen molar-refractivity contribution in [1.29, 1.82) is 0 Å². The van der Waals surface area contributed by atoms with E-state index >= 15 is 0 Å². The highest BCUT2D eigenvalue weighted by molar-refractivity contribution is 5.76. The van der Waals surface area contributed by atoms with Crippen molar-refractivity contribution in [2.45, 2.75) is 311 Å². The quantitative estimate of drug-likeness (QED) is 0.0277. The Labute approximate surface area is 460 Å². The number of carbonyl (C=O) groups excluding carboxylic acids is 1. The summed E-state index contributed by atoms with van der Waals surface area (Å²) < 4.78 is 34.2. The number of unbranched alkanes of at least 4 members (excludes halogenated alkanes) is 26. The fourth-order valence-corrected chi connectivity index (χ4v) is 10.2. The molecule has 1 amide bonds. The zero-order valence-corrected chi connectivity index (χ0v) is 46.9. The van der Waals surface area contributed by atoms with Gasteiger partial charge in [0.1, 0.15) is 73.2 Å². The van der Waals surface area contributed by atoms with Gasteiger partial charge in [0.05, 0.1) is 38.6 Å². The monoisotopic (exact) mass is 1110 g/mol. The van der Waals surface area contributed by atoms with Gasteiger partial charge in [-0.2, -0.15) is 0 Å². The number of nitrogens with one attached hydrogen (secondary N) is 1. The first kappa shape index (κ1) is 69.5. The van der Waals surface area contributed by atoms with E-state index in [-0.39, 0.29) is 18.9 Å². The summed E-state index contributed by atoms with van der Waals surface area (Å²) in [6.45, 7) is 1.71. The van der Waals surface area contributed by atoms with Crippen LogP contribution in [-0.2, 0) is 33.2 Å². The van der Waals surface area contributed by atoms with E-state index in [4.69, 9.17) is 28.4 Å². The molecule has 0 aromatic heterocycles. The first-order chi connectivity index (χ1) is 37.3. The fourth-order valence-electron chi connectivity index (χ4n) is 10.2. The number of amides is 1. The van der Waals surface area contributed by atoms with E-state index in [0.29, 0.717) is 6.42 Å². The van der Waals surface area contributed by atoms with E-state index in [1.807, 2.05) is 6.08 Å². The Kier molecular flexibility index (Phi) is 38.1. The lowest BCUT2D eigenvalue weighted by atomic mass is 9.96. The molecule has 0 aliphatic carbocycles. The molecule has 0 bridgehead atoms. The second-order valence-electron chi connectivity index (χ2n) is 21.8. The number of carbonyl (C=O) groups is 1. The molecule has 3 fully saturated rings. The van der Waals surface area contributed by atoms with E-state index in [0.717, 1.165) is 64.2 Å². The number of aliphatic hydroxyl groups excluding tert-OH is 11. The van der Waals surface area contributed by atoms with Crippen LogP contribution in [0.5, 0.6) is 0 Å². The lowest BCUT2D eigenvalue weighted by Crippen LogP contribution is -2.66. The van der Waals surface area contributed by atoms with E-state index in [1.54, 1.807) is 6.08 Å².